The third-order valence-electron chi connectivity index (χ3n) is 7.89. The summed E-state index contributed by atoms with van der Waals surface area (Å²) in [5, 5.41) is 20.6. The van der Waals surface area contributed by atoms with E-state index in [4.69, 9.17) is 18.9 Å². The molecule has 1 amide bonds. The van der Waals surface area contributed by atoms with E-state index < -0.39 is 17.7 Å². The standard InChI is InChI=1S/C37H31N3O7S2/c1-2-44-29-19-25(13-15-28(29)47-21-23-9-5-3-6-10-23)32-31(33(41)26-14-16-27-30(20-26)46-18-17-45-27)34(42)35(43)40(32)36-38-39-37(49-36)48-22-24-11-7-4-8-12-24/h3-16,19-20,32,41H,2,17-18,21-22H2,1H3/b33-31+/t32-/m1/s1. The highest BCUT2D eigenvalue weighted by atomic mass is 32.2. The van der Waals surface area contributed by atoms with Crippen molar-refractivity contribution in [2.45, 2.75) is 29.7 Å². The number of rotatable bonds is 11. The van der Waals surface area contributed by atoms with Crippen LogP contribution in [0.1, 0.15) is 35.2 Å². The summed E-state index contributed by atoms with van der Waals surface area (Å²) in [4.78, 5) is 29.0. The molecule has 248 valence electrons. The van der Waals surface area contributed by atoms with Crippen molar-refractivity contribution in [2.75, 3.05) is 24.7 Å². The number of aliphatic hydroxyl groups is 1. The van der Waals surface area contributed by atoms with Gasteiger partial charge in [0.25, 0.3) is 5.78 Å². The number of benzene rings is 4. The first-order chi connectivity index (χ1) is 24.0. The molecule has 0 spiro atoms. The van der Waals surface area contributed by atoms with Crippen LogP contribution < -0.4 is 23.8 Å². The summed E-state index contributed by atoms with van der Waals surface area (Å²) < 4.78 is 24.1. The number of Topliss-reactive ketones (excluding diaryl/α,β-unsaturated/α-hetero) is 1. The Balaban J connectivity index is 1.28. The summed E-state index contributed by atoms with van der Waals surface area (Å²) in [6.45, 7) is 3.28. The van der Waals surface area contributed by atoms with Gasteiger partial charge in [-0.3, -0.25) is 14.5 Å². The van der Waals surface area contributed by atoms with Gasteiger partial charge in [0, 0.05) is 11.3 Å². The Hall–Kier alpha value is -5.33. The van der Waals surface area contributed by atoms with Gasteiger partial charge in [-0.1, -0.05) is 89.8 Å². The number of hydrogen-bond acceptors (Lipinski definition) is 11. The molecule has 4 aromatic carbocycles. The van der Waals surface area contributed by atoms with Crippen molar-refractivity contribution in [3.8, 4) is 23.0 Å². The highest BCUT2D eigenvalue weighted by Gasteiger charge is 2.48. The molecule has 0 unspecified atom stereocenters. The molecule has 10 nitrogen and oxygen atoms in total. The number of anilines is 1. The summed E-state index contributed by atoms with van der Waals surface area (Å²) >= 11 is 2.68. The van der Waals surface area contributed by atoms with Crippen LogP contribution in [-0.4, -0.2) is 46.8 Å². The normalized spacial score (nSPS) is 16.5. The lowest BCUT2D eigenvalue weighted by atomic mass is 9.95. The van der Waals surface area contributed by atoms with Crippen molar-refractivity contribution in [2.24, 2.45) is 0 Å². The fraction of sp³-hybridized carbons (Fsp3) is 0.189. The second kappa shape index (κ2) is 14.4. The Morgan fingerprint density at radius 2 is 1.61 bits per heavy atom. The maximum Gasteiger partial charge on any atom is 0.301 e. The van der Waals surface area contributed by atoms with Gasteiger partial charge in [-0.05, 0) is 53.9 Å². The summed E-state index contributed by atoms with van der Waals surface area (Å²) in [7, 11) is 0. The summed E-state index contributed by atoms with van der Waals surface area (Å²) in [5.74, 6) is 0.504. The number of ether oxygens (including phenoxy) is 4. The summed E-state index contributed by atoms with van der Waals surface area (Å²) in [6, 6.07) is 28.8. The first kappa shape index (κ1) is 32.2. The van der Waals surface area contributed by atoms with Crippen molar-refractivity contribution >= 4 is 45.7 Å². The van der Waals surface area contributed by atoms with E-state index in [-0.39, 0.29) is 16.5 Å². The van der Waals surface area contributed by atoms with Gasteiger partial charge in [-0.2, -0.15) is 0 Å². The van der Waals surface area contributed by atoms with Gasteiger partial charge in [0.15, 0.2) is 27.3 Å². The summed E-state index contributed by atoms with van der Waals surface area (Å²) in [6.07, 6.45) is 0. The van der Waals surface area contributed by atoms with Crippen LogP contribution in [0.3, 0.4) is 0 Å². The molecule has 2 aliphatic rings. The van der Waals surface area contributed by atoms with E-state index in [2.05, 4.69) is 10.2 Å². The first-order valence-electron chi connectivity index (χ1n) is 15.6. The minimum absolute atomic E-state index is 0.101. The van der Waals surface area contributed by atoms with E-state index >= 15 is 0 Å². The molecule has 1 saturated heterocycles. The zero-order valence-electron chi connectivity index (χ0n) is 26.4. The predicted molar refractivity (Wildman–Crippen MR) is 187 cm³/mol. The molecule has 1 fully saturated rings. The van der Waals surface area contributed by atoms with Crippen LogP contribution in [0.5, 0.6) is 23.0 Å². The van der Waals surface area contributed by atoms with Crippen molar-refractivity contribution in [3.63, 3.8) is 0 Å². The molecule has 1 N–H and O–H groups in total. The van der Waals surface area contributed by atoms with Crippen LogP contribution in [0.2, 0.25) is 0 Å². The number of carbonyl (C=O) groups excluding carboxylic acids is 2. The van der Waals surface area contributed by atoms with E-state index in [1.807, 2.05) is 67.6 Å². The Kier molecular flexibility index (Phi) is 9.49. The van der Waals surface area contributed by atoms with E-state index in [9.17, 15) is 14.7 Å². The zero-order chi connectivity index (χ0) is 33.7. The van der Waals surface area contributed by atoms with Crippen LogP contribution in [0.15, 0.2) is 107 Å². The van der Waals surface area contributed by atoms with Crippen LogP contribution >= 0.6 is 23.1 Å². The molecule has 0 aliphatic carbocycles. The quantitative estimate of drug-likeness (QED) is 0.0500. The number of nitrogens with zero attached hydrogens (tertiary/aromatic N) is 3. The average molecular weight is 694 g/mol. The van der Waals surface area contributed by atoms with Crippen LogP contribution in [0, 0.1) is 0 Å². The van der Waals surface area contributed by atoms with Gasteiger partial charge >= 0.3 is 5.91 Å². The van der Waals surface area contributed by atoms with Gasteiger partial charge in [-0.15, -0.1) is 10.2 Å². The second-order valence-corrected chi connectivity index (χ2v) is 13.2. The van der Waals surface area contributed by atoms with E-state index in [0.29, 0.717) is 70.6 Å². The third-order valence-corrected chi connectivity index (χ3v) is 10.0. The Labute approximate surface area is 290 Å². The number of amides is 1. The predicted octanol–water partition coefficient (Wildman–Crippen LogP) is 7.21. The second-order valence-electron chi connectivity index (χ2n) is 11.1. The Morgan fingerprint density at radius 1 is 0.878 bits per heavy atom. The van der Waals surface area contributed by atoms with Gasteiger partial charge < -0.3 is 24.1 Å². The van der Waals surface area contributed by atoms with Gasteiger partial charge in [-0.25, -0.2) is 0 Å². The average Bonchev–Trinajstić information content (AvgIpc) is 3.72. The fourth-order valence-electron chi connectivity index (χ4n) is 5.59. The smallest absolute Gasteiger partial charge is 0.301 e. The number of aliphatic hydroxyl groups excluding tert-OH is 1. The van der Waals surface area contributed by atoms with Crippen molar-refractivity contribution in [3.05, 3.63) is 125 Å². The van der Waals surface area contributed by atoms with Crippen LogP contribution in [-0.2, 0) is 21.9 Å². The molecule has 0 saturated carbocycles. The van der Waals surface area contributed by atoms with Gasteiger partial charge in [0.05, 0.1) is 18.2 Å². The molecule has 12 heteroatoms. The molecule has 7 rings (SSSR count). The first-order valence-corrected chi connectivity index (χ1v) is 17.4. The SMILES string of the molecule is CCOc1cc([C@@H]2/C(=C(\O)c3ccc4c(c3)OCCO4)C(=O)C(=O)N2c2nnc(SCc3ccccc3)s2)ccc1OCc1ccccc1. The highest BCUT2D eigenvalue weighted by Crippen LogP contribution is 2.46. The monoisotopic (exact) mass is 693 g/mol. The molecular formula is C37H31N3O7S2. The van der Waals surface area contributed by atoms with E-state index in [1.165, 1.54) is 28.0 Å². The van der Waals surface area contributed by atoms with Gasteiger partial charge in [0.1, 0.15) is 25.6 Å². The minimum Gasteiger partial charge on any atom is -0.507 e. The Bertz CT molecular complexity index is 2020. The third kappa shape index (κ3) is 6.83. The van der Waals surface area contributed by atoms with E-state index in [0.717, 1.165) is 11.1 Å². The molecule has 49 heavy (non-hydrogen) atoms. The number of hydrogen-bond donors (Lipinski definition) is 1. The minimum atomic E-state index is -1.05. The van der Waals surface area contributed by atoms with Crippen LogP contribution in [0.4, 0.5) is 5.13 Å². The van der Waals surface area contributed by atoms with E-state index in [1.54, 1.807) is 36.4 Å². The van der Waals surface area contributed by atoms with Crippen molar-refractivity contribution in [1.29, 1.82) is 0 Å². The topological polar surface area (TPSA) is 120 Å². The molecule has 1 atom stereocenters. The lowest BCUT2D eigenvalue weighted by molar-refractivity contribution is -0.132. The molecule has 0 radical (unpaired) electrons. The Morgan fingerprint density at radius 3 is 2.37 bits per heavy atom. The number of thioether (sulfide) groups is 1. The van der Waals surface area contributed by atoms with Crippen molar-refractivity contribution in [1.82, 2.24) is 10.2 Å². The molecular weight excluding hydrogens is 663 g/mol. The zero-order valence-corrected chi connectivity index (χ0v) is 28.0. The molecule has 2 aliphatic heterocycles. The lowest BCUT2D eigenvalue weighted by Crippen LogP contribution is -2.29. The largest absolute Gasteiger partial charge is 0.507 e. The highest BCUT2D eigenvalue weighted by molar-refractivity contribution is 8.00. The van der Waals surface area contributed by atoms with Gasteiger partial charge in [0.2, 0.25) is 5.13 Å². The van der Waals surface area contributed by atoms with Crippen molar-refractivity contribution < 1.29 is 33.6 Å². The molecule has 3 heterocycles. The number of fused-ring (bicyclic) bond motifs is 1. The summed E-state index contributed by atoms with van der Waals surface area (Å²) in [5.41, 5.74) is 2.82. The van der Waals surface area contributed by atoms with Crippen LogP contribution in [0.25, 0.3) is 5.76 Å². The maximum atomic E-state index is 13.9. The fourth-order valence-corrected chi connectivity index (χ4v) is 7.41. The molecule has 0 bridgehead atoms. The number of carbonyl (C=O) groups is 2. The number of ketones is 1. The molecule has 1 aromatic heterocycles. The molecule has 5 aromatic rings. The lowest BCUT2D eigenvalue weighted by Gasteiger charge is -2.24. The maximum absolute atomic E-state index is 13.9. The number of aromatic nitrogens is 2.